The van der Waals surface area contributed by atoms with Crippen LogP contribution >= 0.6 is 0 Å². The van der Waals surface area contributed by atoms with Gasteiger partial charge in [0.05, 0.1) is 0 Å². The number of hydrogen-bond acceptors (Lipinski definition) is 2. The Labute approximate surface area is 364 Å². The van der Waals surface area contributed by atoms with Gasteiger partial charge in [0, 0.05) is 21.5 Å². The van der Waals surface area contributed by atoms with E-state index < -0.39 is 0 Å². The summed E-state index contributed by atoms with van der Waals surface area (Å²) in [4.78, 5) is 0. The number of hydrogen-bond donors (Lipinski definition) is 0. The Morgan fingerprint density at radius 2 is 0.677 bits per heavy atom. The normalized spacial score (nSPS) is 12.9. The van der Waals surface area contributed by atoms with Gasteiger partial charge in [-0.2, -0.15) is 0 Å². The van der Waals surface area contributed by atoms with Crippen LogP contribution in [0.3, 0.4) is 0 Å². The molecule has 0 N–H and O–H groups in total. The molecule has 2 nitrogen and oxygen atoms in total. The van der Waals surface area contributed by atoms with Gasteiger partial charge in [0.15, 0.2) is 0 Å². The molecule has 0 amide bonds. The fraction of sp³-hybridized carbons (Fsp3) is 0.103. The summed E-state index contributed by atoms with van der Waals surface area (Å²) in [5, 5.41) is 7.08. The average Bonchev–Trinajstić information content (AvgIpc) is 3.27. The van der Waals surface area contributed by atoms with Crippen molar-refractivity contribution in [1.29, 1.82) is 0 Å². The highest BCUT2D eigenvalue weighted by Crippen LogP contribution is 2.49. The lowest BCUT2D eigenvalue weighted by Gasteiger charge is -2.34. The lowest BCUT2D eigenvalue weighted by Crippen LogP contribution is -2.57. The van der Waals surface area contributed by atoms with Crippen LogP contribution in [0, 0.1) is 41.5 Å². The Morgan fingerprint density at radius 3 is 1.06 bits per heavy atom. The molecule has 0 aliphatic carbocycles. The van der Waals surface area contributed by atoms with Crippen LogP contribution in [-0.2, 0) is 0 Å². The molecule has 294 valence electrons. The van der Waals surface area contributed by atoms with Gasteiger partial charge in [-0.3, -0.25) is 0 Å². The van der Waals surface area contributed by atoms with E-state index in [0.717, 1.165) is 33.8 Å². The molecule has 0 fully saturated rings. The third-order valence-electron chi connectivity index (χ3n) is 13.9. The van der Waals surface area contributed by atoms with Crippen LogP contribution in [0.25, 0.3) is 54.6 Å². The first-order valence-corrected chi connectivity index (χ1v) is 21.9. The standard InChI is InChI=1S/C58H44B2O2/c1-33-29-35(3)53(36(4)30-33)59-45-21-13-15-23-47(45)61-57-43-27-26-42-50(40-19-11-8-12-20-40)56-58(44-28-25-41(51(43)52(42)44)49(55(57)59)39-17-9-7-10-18-39)62-48-24-16-14-22-46(48)60(56)54-37(5)31-34(2)32-38(54)6/h7-32H,1-6H3. The van der Waals surface area contributed by atoms with Crippen LogP contribution in [0.2, 0.25) is 0 Å². The van der Waals surface area contributed by atoms with E-state index in [1.54, 1.807) is 0 Å². The molecule has 2 heterocycles. The monoisotopic (exact) mass is 794 g/mol. The quantitative estimate of drug-likeness (QED) is 0.131. The van der Waals surface area contributed by atoms with Crippen LogP contribution in [0.4, 0.5) is 0 Å². The van der Waals surface area contributed by atoms with Gasteiger partial charge in [-0.05, 0) is 121 Å². The van der Waals surface area contributed by atoms with E-state index in [1.807, 2.05) is 0 Å². The summed E-state index contributed by atoms with van der Waals surface area (Å²) in [7, 11) is 0. The zero-order valence-corrected chi connectivity index (χ0v) is 36.0. The third kappa shape index (κ3) is 5.26. The van der Waals surface area contributed by atoms with Crippen molar-refractivity contribution in [3.63, 3.8) is 0 Å². The highest BCUT2D eigenvalue weighted by Gasteiger charge is 2.41. The van der Waals surface area contributed by atoms with E-state index in [2.05, 4.69) is 199 Å². The molecule has 2 aliphatic heterocycles. The Morgan fingerprint density at radius 1 is 0.339 bits per heavy atom. The molecule has 12 rings (SSSR count). The molecule has 4 heteroatoms. The zero-order valence-electron chi connectivity index (χ0n) is 36.0. The van der Waals surface area contributed by atoms with Crippen molar-refractivity contribution in [2.24, 2.45) is 0 Å². The number of ether oxygens (including phenoxy) is 2. The van der Waals surface area contributed by atoms with Crippen molar-refractivity contribution in [1.82, 2.24) is 0 Å². The molecular weight excluding hydrogens is 750 g/mol. The molecule has 0 bridgehead atoms. The lowest BCUT2D eigenvalue weighted by molar-refractivity contribution is 0.493. The van der Waals surface area contributed by atoms with Gasteiger partial charge < -0.3 is 9.47 Å². The first kappa shape index (κ1) is 36.8. The van der Waals surface area contributed by atoms with Crippen LogP contribution in [0.15, 0.2) is 158 Å². The molecular formula is C58H44B2O2. The highest BCUT2D eigenvalue weighted by atomic mass is 16.5. The molecule has 0 saturated carbocycles. The minimum Gasteiger partial charge on any atom is -0.458 e. The lowest BCUT2D eigenvalue weighted by atomic mass is 9.33. The van der Waals surface area contributed by atoms with Crippen molar-refractivity contribution >= 4 is 78.5 Å². The first-order chi connectivity index (χ1) is 30.3. The molecule has 10 aromatic carbocycles. The van der Waals surface area contributed by atoms with E-state index >= 15 is 0 Å². The van der Waals surface area contributed by atoms with Gasteiger partial charge in [0.1, 0.15) is 23.0 Å². The second-order valence-electron chi connectivity index (χ2n) is 17.8. The van der Waals surface area contributed by atoms with Gasteiger partial charge in [-0.15, -0.1) is 0 Å². The Kier molecular flexibility index (Phi) is 8.16. The highest BCUT2D eigenvalue weighted by molar-refractivity contribution is 6.99. The maximum Gasteiger partial charge on any atom is 0.252 e. The van der Waals surface area contributed by atoms with Crippen molar-refractivity contribution in [3.8, 4) is 45.3 Å². The first-order valence-electron chi connectivity index (χ1n) is 21.9. The Hall–Kier alpha value is -7.03. The van der Waals surface area contributed by atoms with Crippen LogP contribution in [0.5, 0.6) is 23.0 Å². The molecule has 10 aromatic rings. The Bertz CT molecular complexity index is 3200. The van der Waals surface area contributed by atoms with E-state index in [4.69, 9.17) is 9.47 Å². The molecule has 0 radical (unpaired) electrons. The molecule has 62 heavy (non-hydrogen) atoms. The maximum atomic E-state index is 7.31. The fourth-order valence-electron chi connectivity index (χ4n) is 11.7. The maximum absolute atomic E-state index is 7.31. The van der Waals surface area contributed by atoms with Gasteiger partial charge in [-0.1, -0.05) is 178 Å². The predicted molar refractivity (Wildman–Crippen MR) is 265 cm³/mol. The number of benzene rings is 10. The summed E-state index contributed by atoms with van der Waals surface area (Å²) < 4.78 is 14.6. The molecule has 2 aliphatic rings. The minimum atomic E-state index is -0.0399. The Balaban J connectivity index is 1.27. The second-order valence-corrected chi connectivity index (χ2v) is 17.8. The summed E-state index contributed by atoms with van der Waals surface area (Å²) in [6, 6.07) is 58.1. The van der Waals surface area contributed by atoms with E-state index in [1.165, 1.54) is 110 Å². The largest absolute Gasteiger partial charge is 0.458 e. The zero-order chi connectivity index (χ0) is 42.0. The summed E-state index contributed by atoms with van der Waals surface area (Å²) in [6.07, 6.45) is 0. The van der Waals surface area contributed by atoms with Crippen LogP contribution in [0.1, 0.15) is 33.4 Å². The van der Waals surface area contributed by atoms with Crippen molar-refractivity contribution in [2.75, 3.05) is 0 Å². The van der Waals surface area contributed by atoms with Crippen molar-refractivity contribution in [2.45, 2.75) is 41.5 Å². The van der Waals surface area contributed by atoms with Crippen LogP contribution < -0.4 is 42.3 Å². The summed E-state index contributed by atoms with van der Waals surface area (Å²) in [6.45, 7) is 13.4. The number of rotatable bonds is 4. The smallest absolute Gasteiger partial charge is 0.252 e. The predicted octanol–water partition coefficient (Wildman–Crippen LogP) is 11.0. The van der Waals surface area contributed by atoms with Crippen LogP contribution in [-0.4, -0.2) is 13.4 Å². The number of aryl methyl sites for hydroxylation is 6. The molecule has 0 aromatic heterocycles. The second kappa shape index (κ2) is 13.7. The van der Waals surface area contributed by atoms with Gasteiger partial charge in [0.25, 0.3) is 13.4 Å². The van der Waals surface area contributed by atoms with Gasteiger partial charge in [0.2, 0.25) is 0 Å². The van der Waals surface area contributed by atoms with E-state index in [9.17, 15) is 0 Å². The number of fused-ring (bicyclic) bond motifs is 6. The summed E-state index contributed by atoms with van der Waals surface area (Å²) >= 11 is 0. The van der Waals surface area contributed by atoms with Gasteiger partial charge in [-0.25, -0.2) is 0 Å². The van der Waals surface area contributed by atoms with Crippen molar-refractivity contribution in [3.05, 3.63) is 191 Å². The average molecular weight is 795 g/mol. The van der Waals surface area contributed by atoms with E-state index in [-0.39, 0.29) is 13.4 Å². The number of para-hydroxylation sites is 2. The van der Waals surface area contributed by atoms with Gasteiger partial charge >= 0.3 is 0 Å². The van der Waals surface area contributed by atoms with Crippen molar-refractivity contribution < 1.29 is 9.47 Å². The molecule has 0 atom stereocenters. The topological polar surface area (TPSA) is 18.5 Å². The van der Waals surface area contributed by atoms with E-state index in [0.29, 0.717) is 0 Å². The molecule has 0 unspecified atom stereocenters. The SMILES string of the molecule is Cc1cc(C)c(B2c3ccccc3Oc3c2c(-c2ccccc2)c2ccc4c5c(c(-c6ccccc6)c6ccc3c2c46)B(c2c(C)cc(C)cc2C)c2ccccc2O5)c(C)c1. The third-order valence-corrected chi connectivity index (χ3v) is 13.9. The molecule has 0 spiro atoms. The minimum absolute atomic E-state index is 0.0399. The summed E-state index contributed by atoms with van der Waals surface area (Å²) in [5.74, 6) is 3.69. The fourth-order valence-corrected chi connectivity index (χ4v) is 11.7. The summed E-state index contributed by atoms with van der Waals surface area (Å²) in [5.41, 5.74) is 20.1. The molecule has 0 saturated heterocycles.